The summed E-state index contributed by atoms with van der Waals surface area (Å²) in [5, 5.41) is 14.1. The van der Waals surface area contributed by atoms with Crippen molar-refractivity contribution in [2.75, 3.05) is 20.1 Å². The highest BCUT2D eigenvalue weighted by atomic mass is 16.1. The smallest absolute Gasteiger partial charge is 0.224 e. The topological polar surface area (TPSA) is 64.9 Å². The Morgan fingerprint density at radius 2 is 2.08 bits per heavy atom. The van der Waals surface area contributed by atoms with E-state index in [4.69, 9.17) is 5.26 Å². The third-order valence-corrected chi connectivity index (χ3v) is 1.76. The standard InChI is InChI=1S/C9H17N3O/c1-7(4-10)5-12-9(13)8(2)6-11-3/h7-8,11H,5-6H2,1-3H3,(H,12,13). The van der Waals surface area contributed by atoms with Gasteiger partial charge in [-0.3, -0.25) is 4.79 Å². The van der Waals surface area contributed by atoms with E-state index in [2.05, 4.69) is 16.7 Å². The van der Waals surface area contributed by atoms with Gasteiger partial charge in [-0.1, -0.05) is 6.92 Å². The number of nitrogens with zero attached hydrogens (tertiary/aromatic N) is 1. The van der Waals surface area contributed by atoms with E-state index in [0.717, 1.165) is 0 Å². The minimum absolute atomic E-state index is 0.00329. The predicted octanol–water partition coefficient (Wildman–Crippen LogP) is 0.118. The summed E-state index contributed by atoms with van der Waals surface area (Å²) in [6.45, 7) is 4.72. The highest BCUT2D eigenvalue weighted by Crippen LogP contribution is 1.94. The summed E-state index contributed by atoms with van der Waals surface area (Å²) < 4.78 is 0. The highest BCUT2D eigenvalue weighted by molar-refractivity contribution is 5.78. The highest BCUT2D eigenvalue weighted by Gasteiger charge is 2.11. The lowest BCUT2D eigenvalue weighted by molar-refractivity contribution is -0.124. The van der Waals surface area contributed by atoms with E-state index >= 15 is 0 Å². The van der Waals surface area contributed by atoms with Crippen molar-refractivity contribution in [1.29, 1.82) is 5.26 Å². The van der Waals surface area contributed by atoms with Crippen LogP contribution in [0.5, 0.6) is 0 Å². The number of nitrogens with one attached hydrogen (secondary N) is 2. The molecular formula is C9H17N3O. The van der Waals surface area contributed by atoms with Gasteiger partial charge in [0.2, 0.25) is 5.91 Å². The third-order valence-electron chi connectivity index (χ3n) is 1.76. The lowest BCUT2D eigenvalue weighted by Gasteiger charge is -2.11. The van der Waals surface area contributed by atoms with Crippen molar-refractivity contribution >= 4 is 5.91 Å². The lowest BCUT2D eigenvalue weighted by atomic mass is 10.1. The van der Waals surface area contributed by atoms with E-state index in [1.807, 2.05) is 14.0 Å². The Bertz CT molecular complexity index is 198. The van der Waals surface area contributed by atoms with Crippen molar-refractivity contribution in [3.05, 3.63) is 0 Å². The van der Waals surface area contributed by atoms with Crippen LogP contribution in [0, 0.1) is 23.2 Å². The van der Waals surface area contributed by atoms with Gasteiger partial charge in [0.1, 0.15) is 0 Å². The summed E-state index contributed by atoms with van der Waals surface area (Å²) in [5.74, 6) is -0.168. The molecule has 0 spiro atoms. The molecule has 0 saturated carbocycles. The molecule has 4 heteroatoms. The maximum atomic E-state index is 11.3. The molecule has 4 nitrogen and oxygen atoms in total. The van der Waals surface area contributed by atoms with Crippen LogP contribution in [-0.4, -0.2) is 26.0 Å². The molecule has 0 saturated heterocycles. The van der Waals surface area contributed by atoms with Crippen molar-refractivity contribution in [3.63, 3.8) is 0 Å². The minimum atomic E-state index is -0.120. The van der Waals surface area contributed by atoms with Crippen LogP contribution in [-0.2, 0) is 4.79 Å². The van der Waals surface area contributed by atoms with E-state index < -0.39 is 0 Å². The van der Waals surface area contributed by atoms with Gasteiger partial charge in [0.25, 0.3) is 0 Å². The van der Waals surface area contributed by atoms with Crippen molar-refractivity contribution in [2.45, 2.75) is 13.8 Å². The molecule has 1 amide bonds. The largest absolute Gasteiger partial charge is 0.355 e. The number of nitriles is 1. The van der Waals surface area contributed by atoms with Crippen molar-refractivity contribution in [1.82, 2.24) is 10.6 Å². The van der Waals surface area contributed by atoms with Crippen LogP contribution in [0.1, 0.15) is 13.8 Å². The third kappa shape index (κ3) is 5.21. The number of carbonyl (C=O) groups excluding carboxylic acids is 1. The molecule has 0 aromatic rings. The van der Waals surface area contributed by atoms with Gasteiger partial charge in [0, 0.05) is 19.0 Å². The molecular weight excluding hydrogens is 166 g/mol. The van der Waals surface area contributed by atoms with E-state index in [1.165, 1.54) is 0 Å². The second-order valence-electron chi connectivity index (χ2n) is 3.23. The average Bonchev–Trinajstić information content (AvgIpc) is 2.13. The molecule has 2 atom stereocenters. The monoisotopic (exact) mass is 183 g/mol. The van der Waals surface area contributed by atoms with Crippen LogP contribution < -0.4 is 10.6 Å². The fourth-order valence-corrected chi connectivity index (χ4v) is 0.872. The van der Waals surface area contributed by atoms with Crippen LogP contribution in [0.3, 0.4) is 0 Å². The van der Waals surface area contributed by atoms with Crippen LogP contribution >= 0.6 is 0 Å². The summed E-state index contributed by atoms with van der Waals surface area (Å²) in [4.78, 5) is 11.3. The van der Waals surface area contributed by atoms with Crippen LogP contribution in [0.25, 0.3) is 0 Å². The fraction of sp³-hybridized carbons (Fsp3) is 0.778. The van der Waals surface area contributed by atoms with Gasteiger partial charge in [0.15, 0.2) is 0 Å². The van der Waals surface area contributed by atoms with Gasteiger partial charge < -0.3 is 10.6 Å². The fourth-order valence-electron chi connectivity index (χ4n) is 0.872. The molecule has 0 aliphatic carbocycles. The Morgan fingerprint density at radius 1 is 1.46 bits per heavy atom. The van der Waals surface area contributed by atoms with Crippen molar-refractivity contribution < 1.29 is 4.79 Å². The van der Waals surface area contributed by atoms with Gasteiger partial charge in [-0.25, -0.2) is 0 Å². The first-order chi connectivity index (χ1) is 6.11. The minimum Gasteiger partial charge on any atom is -0.355 e. The zero-order valence-electron chi connectivity index (χ0n) is 8.42. The summed E-state index contributed by atoms with van der Waals surface area (Å²) in [6.07, 6.45) is 0. The van der Waals surface area contributed by atoms with E-state index in [1.54, 1.807) is 6.92 Å². The van der Waals surface area contributed by atoms with Gasteiger partial charge >= 0.3 is 0 Å². The van der Waals surface area contributed by atoms with Crippen LogP contribution in [0.4, 0.5) is 0 Å². The Balaban J connectivity index is 3.69. The number of carbonyl (C=O) groups is 1. The van der Waals surface area contributed by atoms with Crippen LogP contribution in [0.15, 0.2) is 0 Å². The summed E-state index contributed by atoms with van der Waals surface area (Å²) in [7, 11) is 1.81. The van der Waals surface area contributed by atoms with Gasteiger partial charge in [-0.15, -0.1) is 0 Å². The normalized spacial score (nSPS) is 14.3. The van der Waals surface area contributed by atoms with Crippen molar-refractivity contribution in [2.24, 2.45) is 11.8 Å². The maximum Gasteiger partial charge on any atom is 0.224 e. The first-order valence-corrected chi connectivity index (χ1v) is 4.43. The Morgan fingerprint density at radius 3 is 2.54 bits per heavy atom. The Labute approximate surface area is 79.3 Å². The second-order valence-corrected chi connectivity index (χ2v) is 3.23. The molecule has 0 aromatic carbocycles. The molecule has 0 fully saturated rings. The molecule has 74 valence electrons. The van der Waals surface area contributed by atoms with Crippen molar-refractivity contribution in [3.8, 4) is 6.07 Å². The lowest BCUT2D eigenvalue weighted by Crippen LogP contribution is -2.36. The maximum absolute atomic E-state index is 11.3. The molecule has 2 unspecified atom stereocenters. The molecule has 0 aromatic heterocycles. The van der Waals surface area contributed by atoms with Gasteiger partial charge in [-0.05, 0) is 14.0 Å². The molecule has 2 N–H and O–H groups in total. The zero-order chi connectivity index (χ0) is 10.3. The molecule has 0 aliphatic rings. The second kappa shape index (κ2) is 6.44. The molecule has 0 radical (unpaired) electrons. The molecule has 0 aliphatic heterocycles. The molecule has 0 rings (SSSR count). The Hall–Kier alpha value is -1.08. The van der Waals surface area contributed by atoms with Gasteiger partial charge in [0.05, 0.1) is 12.0 Å². The zero-order valence-corrected chi connectivity index (χ0v) is 8.42. The van der Waals surface area contributed by atoms with Gasteiger partial charge in [-0.2, -0.15) is 5.26 Å². The van der Waals surface area contributed by atoms with E-state index in [0.29, 0.717) is 13.1 Å². The number of hydrogen-bond donors (Lipinski definition) is 2. The predicted molar refractivity (Wildman–Crippen MR) is 50.9 cm³/mol. The number of rotatable bonds is 5. The summed E-state index contributed by atoms with van der Waals surface area (Å²) in [5.41, 5.74) is 0. The SMILES string of the molecule is CNCC(C)C(=O)NCC(C)C#N. The summed E-state index contributed by atoms with van der Waals surface area (Å²) >= 11 is 0. The first-order valence-electron chi connectivity index (χ1n) is 4.43. The van der Waals surface area contributed by atoms with E-state index in [9.17, 15) is 4.79 Å². The van der Waals surface area contributed by atoms with E-state index in [-0.39, 0.29) is 17.7 Å². The average molecular weight is 183 g/mol. The Kier molecular flexibility index (Phi) is 5.90. The molecule has 0 bridgehead atoms. The molecule has 0 heterocycles. The summed E-state index contributed by atoms with van der Waals surface area (Å²) in [6, 6.07) is 2.06. The number of hydrogen-bond acceptors (Lipinski definition) is 3. The van der Waals surface area contributed by atoms with Crippen LogP contribution in [0.2, 0.25) is 0 Å². The molecule has 13 heavy (non-hydrogen) atoms. The number of amides is 1. The quantitative estimate of drug-likeness (QED) is 0.636. The first kappa shape index (κ1) is 11.9.